The van der Waals surface area contributed by atoms with E-state index in [9.17, 15) is 15.0 Å². The van der Waals surface area contributed by atoms with Gasteiger partial charge < -0.3 is 15.5 Å². The third-order valence-electron chi connectivity index (χ3n) is 4.23. The molecule has 5 heteroatoms. The number of benzene rings is 1. The van der Waals surface area contributed by atoms with Gasteiger partial charge in [0.15, 0.2) is 5.75 Å². The molecule has 1 aromatic carbocycles. The fraction of sp³-hybridized carbons (Fsp3) is 0.375. The lowest BCUT2D eigenvalue weighted by Gasteiger charge is -2.28. The first kappa shape index (κ1) is 13.8. The molecule has 1 aromatic heterocycles. The van der Waals surface area contributed by atoms with Gasteiger partial charge in [0.05, 0.1) is 17.7 Å². The lowest BCUT2D eigenvalue weighted by atomic mass is 9.98. The first-order chi connectivity index (χ1) is 10.2. The van der Waals surface area contributed by atoms with Gasteiger partial charge in [0.2, 0.25) is 0 Å². The van der Waals surface area contributed by atoms with Crippen LogP contribution in [0.25, 0.3) is 10.9 Å². The van der Waals surface area contributed by atoms with Crippen LogP contribution in [0.15, 0.2) is 30.5 Å². The molecule has 5 nitrogen and oxygen atoms in total. The van der Waals surface area contributed by atoms with E-state index in [1.54, 1.807) is 24.4 Å². The number of fused-ring (bicyclic) bond motifs is 1. The van der Waals surface area contributed by atoms with E-state index in [1.807, 2.05) is 6.07 Å². The number of nitrogens with zero attached hydrogens (tertiary/aromatic N) is 1. The van der Waals surface area contributed by atoms with Crippen molar-refractivity contribution in [2.45, 2.75) is 31.2 Å². The van der Waals surface area contributed by atoms with Crippen molar-refractivity contribution in [1.82, 2.24) is 10.3 Å². The van der Waals surface area contributed by atoms with Crippen LogP contribution in [-0.4, -0.2) is 33.3 Å². The van der Waals surface area contributed by atoms with Gasteiger partial charge in [0.1, 0.15) is 5.52 Å². The van der Waals surface area contributed by atoms with Crippen LogP contribution in [0.5, 0.6) is 5.75 Å². The number of nitrogens with one attached hydrogen (secondary N) is 1. The topological polar surface area (TPSA) is 82.5 Å². The van der Waals surface area contributed by atoms with E-state index in [-0.39, 0.29) is 23.8 Å². The second kappa shape index (κ2) is 5.33. The number of phenols is 1. The Balaban J connectivity index is 1.93. The molecule has 0 unspecified atom stereocenters. The molecular weight excluding hydrogens is 268 g/mol. The van der Waals surface area contributed by atoms with Crippen LogP contribution in [0.2, 0.25) is 0 Å². The average Bonchev–Trinajstić information content (AvgIpc) is 2.97. The highest BCUT2D eigenvalue weighted by molar-refractivity contribution is 6.02. The minimum Gasteiger partial charge on any atom is -0.505 e. The summed E-state index contributed by atoms with van der Waals surface area (Å²) in [5.41, 5.74) is 0.0540. The molecule has 0 spiro atoms. The first-order valence-corrected chi connectivity index (χ1v) is 7.15. The smallest absolute Gasteiger partial charge is 0.255 e. The van der Waals surface area contributed by atoms with Gasteiger partial charge in [-0.2, -0.15) is 0 Å². The Morgan fingerprint density at radius 1 is 1.29 bits per heavy atom. The number of hydrogen-bond donors (Lipinski definition) is 3. The molecule has 2 aromatic rings. The molecule has 0 atom stereocenters. The predicted molar refractivity (Wildman–Crippen MR) is 79.2 cm³/mol. The number of aromatic nitrogens is 1. The molecular formula is C16H18N2O3. The molecule has 1 amide bonds. The molecule has 0 aliphatic heterocycles. The Labute approximate surface area is 122 Å². The summed E-state index contributed by atoms with van der Waals surface area (Å²) in [5, 5.41) is 23.5. The lowest BCUT2D eigenvalue weighted by Crippen LogP contribution is -2.49. The molecule has 1 aliphatic rings. The zero-order chi connectivity index (χ0) is 14.9. The summed E-state index contributed by atoms with van der Waals surface area (Å²) in [4.78, 5) is 16.5. The second-order valence-corrected chi connectivity index (χ2v) is 5.64. The van der Waals surface area contributed by atoms with Crippen molar-refractivity contribution in [1.29, 1.82) is 0 Å². The lowest BCUT2D eigenvalue weighted by molar-refractivity contribution is 0.0836. The normalized spacial score (nSPS) is 17.0. The Kier molecular flexibility index (Phi) is 3.51. The summed E-state index contributed by atoms with van der Waals surface area (Å²) in [6.07, 6.45) is 5.10. The fourth-order valence-electron chi connectivity index (χ4n) is 3.00. The van der Waals surface area contributed by atoms with Crippen LogP contribution in [0.4, 0.5) is 0 Å². The highest BCUT2D eigenvalue weighted by Gasteiger charge is 2.35. The molecule has 110 valence electrons. The van der Waals surface area contributed by atoms with E-state index in [4.69, 9.17) is 0 Å². The summed E-state index contributed by atoms with van der Waals surface area (Å²) < 4.78 is 0. The van der Waals surface area contributed by atoms with Crippen molar-refractivity contribution in [2.24, 2.45) is 0 Å². The van der Waals surface area contributed by atoms with Gasteiger partial charge in [-0.05, 0) is 25.0 Å². The molecule has 21 heavy (non-hydrogen) atoms. The summed E-state index contributed by atoms with van der Waals surface area (Å²) in [7, 11) is 0. The molecule has 3 rings (SSSR count). The Bertz CT molecular complexity index is 678. The molecule has 1 heterocycles. The maximum atomic E-state index is 12.4. The fourth-order valence-corrected chi connectivity index (χ4v) is 3.00. The Morgan fingerprint density at radius 2 is 2.05 bits per heavy atom. The third-order valence-corrected chi connectivity index (χ3v) is 4.23. The quantitative estimate of drug-likeness (QED) is 0.805. The van der Waals surface area contributed by atoms with Crippen LogP contribution in [0.1, 0.15) is 36.0 Å². The van der Waals surface area contributed by atoms with Gasteiger partial charge in [0, 0.05) is 11.6 Å². The van der Waals surface area contributed by atoms with Gasteiger partial charge in [-0.15, -0.1) is 0 Å². The predicted octanol–water partition coefficient (Wildman–Crippen LogP) is 1.98. The van der Waals surface area contributed by atoms with Gasteiger partial charge in [-0.1, -0.05) is 25.0 Å². The van der Waals surface area contributed by atoms with Crippen molar-refractivity contribution in [2.75, 3.05) is 6.61 Å². The Hall–Kier alpha value is -2.14. The average molecular weight is 286 g/mol. The zero-order valence-corrected chi connectivity index (χ0v) is 11.7. The molecule has 1 saturated carbocycles. The monoisotopic (exact) mass is 286 g/mol. The maximum absolute atomic E-state index is 12.4. The highest BCUT2D eigenvalue weighted by atomic mass is 16.3. The van der Waals surface area contributed by atoms with E-state index in [2.05, 4.69) is 10.3 Å². The van der Waals surface area contributed by atoms with Crippen molar-refractivity contribution in [3.63, 3.8) is 0 Å². The molecule has 0 saturated heterocycles. The molecule has 0 bridgehead atoms. The number of carbonyl (C=O) groups is 1. The standard InChI is InChI=1S/C16H18N2O3/c19-10-16(7-1-2-8-16)18-15(21)12-6-5-11-4-3-9-17-13(11)14(12)20/h3-6,9,19-20H,1-2,7-8,10H2,(H,18,21). The number of carbonyl (C=O) groups excluding carboxylic acids is 1. The number of pyridine rings is 1. The van der Waals surface area contributed by atoms with E-state index in [0.29, 0.717) is 5.52 Å². The molecule has 0 radical (unpaired) electrons. The van der Waals surface area contributed by atoms with E-state index < -0.39 is 5.54 Å². The van der Waals surface area contributed by atoms with Crippen molar-refractivity contribution in [3.8, 4) is 5.75 Å². The van der Waals surface area contributed by atoms with E-state index >= 15 is 0 Å². The number of aliphatic hydroxyl groups excluding tert-OH is 1. The van der Waals surface area contributed by atoms with Crippen LogP contribution in [0.3, 0.4) is 0 Å². The highest BCUT2D eigenvalue weighted by Crippen LogP contribution is 2.31. The largest absolute Gasteiger partial charge is 0.505 e. The van der Waals surface area contributed by atoms with Gasteiger partial charge in [0.25, 0.3) is 5.91 Å². The zero-order valence-electron chi connectivity index (χ0n) is 11.7. The van der Waals surface area contributed by atoms with Crippen LogP contribution < -0.4 is 5.32 Å². The summed E-state index contributed by atoms with van der Waals surface area (Å²) in [6, 6.07) is 6.96. The number of amides is 1. The number of hydrogen-bond acceptors (Lipinski definition) is 4. The van der Waals surface area contributed by atoms with Crippen molar-refractivity contribution >= 4 is 16.8 Å². The van der Waals surface area contributed by atoms with E-state index in [0.717, 1.165) is 31.1 Å². The van der Waals surface area contributed by atoms with E-state index in [1.165, 1.54) is 0 Å². The SMILES string of the molecule is O=C(NC1(CO)CCCC1)c1ccc2cccnc2c1O. The molecule has 1 fully saturated rings. The Morgan fingerprint density at radius 3 is 2.76 bits per heavy atom. The van der Waals surface area contributed by atoms with Crippen LogP contribution in [0, 0.1) is 0 Å². The summed E-state index contributed by atoms with van der Waals surface area (Å²) in [6.45, 7) is -0.0780. The first-order valence-electron chi connectivity index (χ1n) is 7.15. The number of rotatable bonds is 3. The molecule has 1 aliphatic carbocycles. The van der Waals surface area contributed by atoms with Gasteiger partial charge in [-0.3, -0.25) is 9.78 Å². The second-order valence-electron chi connectivity index (χ2n) is 5.64. The minimum atomic E-state index is -0.553. The van der Waals surface area contributed by atoms with Gasteiger partial charge >= 0.3 is 0 Å². The summed E-state index contributed by atoms with van der Waals surface area (Å²) >= 11 is 0. The molecule has 3 N–H and O–H groups in total. The van der Waals surface area contributed by atoms with Crippen molar-refractivity contribution in [3.05, 3.63) is 36.0 Å². The van der Waals surface area contributed by atoms with Crippen LogP contribution in [-0.2, 0) is 0 Å². The van der Waals surface area contributed by atoms with Crippen LogP contribution >= 0.6 is 0 Å². The number of aliphatic hydroxyl groups is 1. The number of aromatic hydroxyl groups is 1. The minimum absolute atomic E-state index is 0.0780. The maximum Gasteiger partial charge on any atom is 0.255 e. The summed E-state index contributed by atoms with van der Waals surface area (Å²) in [5.74, 6) is -0.479. The third kappa shape index (κ3) is 2.45. The van der Waals surface area contributed by atoms with Gasteiger partial charge in [-0.25, -0.2) is 0 Å². The number of phenolic OH excluding ortho intramolecular Hbond substituents is 1. The van der Waals surface area contributed by atoms with Crippen molar-refractivity contribution < 1.29 is 15.0 Å².